The molecule has 0 N–H and O–H groups in total. The van der Waals surface area contributed by atoms with E-state index in [2.05, 4.69) is 50.3 Å². The van der Waals surface area contributed by atoms with Gasteiger partial charge in [0.25, 0.3) is 0 Å². The molecular formula is C47H85NO7. The first-order valence-corrected chi connectivity index (χ1v) is 22.5. The molecule has 0 saturated heterocycles. The zero-order valence-electron chi connectivity index (χ0n) is 36.3. The van der Waals surface area contributed by atoms with Crippen LogP contribution in [0.5, 0.6) is 0 Å². The molecule has 8 nitrogen and oxygen atoms in total. The number of allylic oxidation sites excluding steroid dienone is 6. The third kappa shape index (κ3) is 36.9. The lowest BCUT2D eigenvalue weighted by atomic mass is 10.0. The molecule has 0 aliphatic carbocycles. The molecule has 2 unspecified atom stereocenters. The second-order valence-electron chi connectivity index (χ2n) is 16.3. The zero-order chi connectivity index (χ0) is 40.7. The molecule has 0 heterocycles. The molecule has 55 heavy (non-hydrogen) atoms. The average Bonchev–Trinajstić information content (AvgIpc) is 3.14. The van der Waals surface area contributed by atoms with Crippen LogP contribution in [0.3, 0.4) is 0 Å². The Morgan fingerprint density at radius 1 is 0.564 bits per heavy atom. The van der Waals surface area contributed by atoms with E-state index < -0.39 is 18.1 Å². The van der Waals surface area contributed by atoms with Gasteiger partial charge in [0.2, 0.25) is 0 Å². The normalized spacial score (nSPS) is 13.3. The zero-order valence-corrected chi connectivity index (χ0v) is 36.3. The number of carbonyl (C=O) groups is 3. The fourth-order valence-corrected chi connectivity index (χ4v) is 6.57. The second kappa shape index (κ2) is 38.4. The molecule has 0 amide bonds. The predicted molar refractivity (Wildman–Crippen MR) is 227 cm³/mol. The number of rotatable bonds is 40. The molecule has 0 rings (SSSR count). The van der Waals surface area contributed by atoms with E-state index in [1.807, 2.05) is 0 Å². The third-order valence-electron chi connectivity index (χ3n) is 10.0. The van der Waals surface area contributed by atoms with Crippen LogP contribution in [0.1, 0.15) is 194 Å². The molecule has 0 bridgehead atoms. The van der Waals surface area contributed by atoms with Crippen molar-refractivity contribution in [1.82, 2.24) is 0 Å². The van der Waals surface area contributed by atoms with Gasteiger partial charge in [0.05, 0.1) is 40.3 Å². The summed E-state index contributed by atoms with van der Waals surface area (Å²) in [6, 6.07) is -0.730. The van der Waals surface area contributed by atoms with E-state index >= 15 is 0 Å². The number of carboxylic acid groups (broad SMARTS) is 1. The summed E-state index contributed by atoms with van der Waals surface area (Å²) in [6.07, 6.45) is 43.3. The van der Waals surface area contributed by atoms with E-state index in [9.17, 15) is 19.5 Å². The fourth-order valence-electron chi connectivity index (χ4n) is 6.57. The maximum atomic E-state index is 12.7. The number of esters is 2. The van der Waals surface area contributed by atoms with Crippen molar-refractivity contribution in [3.8, 4) is 0 Å². The van der Waals surface area contributed by atoms with E-state index in [1.165, 1.54) is 109 Å². The Hall–Kier alpha value is -2.45. The Morgan fingerprint density at radius 2 is 1.02 bits per heavy atom. The topological polar surface area (TPSA) is 102 Å². The van der Waals surface area contributed by atoms with Crippen molar-refractivity contribution in [2.75, 3.05) is 41.0 Å². The molecular weight excluding hydrogens is 691 g/mol. The second-order valence-corrected chi connectivity index (χ2v) is 16.3. The lowest BCUT2D eigenvalue weighted by molar-refractivity contribution is -0.889. The number of quaternary nitrogens is 1. The minimum absolute atomic E-state index is 0.0275. The smallest absolute Gasteiger partial charge is 0.306 e. The number of hydrogen-bond acceptors (Lipinski definition) is 7. The summed E-state index contributed by atoms with van der Waals surface area (Å²) in [5.74, 6) is -1.80. The number of ether oxygens (including phenoxy) is 3. The van der Waals surface area contributed by atoms with Gasteiger partial charge in [-0.05, 0) is 38.5 Å². The molecule has 0 aromatic carbocycles. The highest BCUT2D eigenvalue weighted by Gasteiger charge is 2.25. The number of aliphatic carboxylic acids is 1. The first-order chi connectivity index (χ1) is 26.6. The van der Waals surface area contributed by atoms with E-state index in [0.29, 0.717) is 12.8 Å². The molecule has 0 aliphatic heterocycles. The highest BCUT2D eigenvalue weighted by Crippen LogP contribution is 2.16. The molecule has 0 radical (unpaired) electrons. The molecule has 2 atom stereocenters. The predicted octanol–water partition coefficient (Wildman–Crippen LogP) is 10.9. The number of likely N-dealkylation sites (N-methyl/N-ethyl adjacent to an activating group) is 1. The number of hydrogen-bond donors (Lipinski definition) is 0. The lowest BCUT2D eigenvalue weighted by Gasteiger charge is -2.34. The Kier molecular flexibility index (Phi) is 36.7. The van der Waals surface area contributed by atoms with Gasteiger partial charge in [-0.25, -0.2) is 0 Å². The van der Waals surface area contributed by atoms with Crippen LogP contribution < -0.4 is 5.11 Å². The van der Waals surface area contributed by atoms with Gasteiger partial charge < -0.3 is 28.6 Å². The fraction of sp³-hybridized carbons (Fsp3) is 0.809. The van der Waals surface area contributed by atoms with Crippen LogP contribution in [0, 0.1) is 0 Å². The van der Waals surface area contributed by atoms with E-state index in [0.717, 1.165) is 44.9 Å². The van der Waals surface area contributed by atoms with Gasteiger partial charge in [-0.2, -0.15) is 0 Å². The summed E-state index contributed by atoms with van der Waals surface area (Å²) in [4.78, 5) is 36.8. The molecule has 320 valence electrons. The van der Waals surface area contributed by atoms with Crippen LogP contribution in [-0.4, -0.2) is 75.5 Å². The Labute approximate surface area is 338 Å². The van der Waals surface area contributed by atoms with Gasteiger partial charge in [0.15, 0.2) is 6.10 Å². The first kappa shape index (κ1) is 52.6. The van der Waals surface area contributed by atoms with Gasteiger partial charge in [-0.15, -0.1) is 0 Å². The SMILES string of the molecule is CC/C=C/C/C=C/C/C=C/CCCC(=O)OCC(COCCC(C(=O)[O-])[N+](C)(C)C)OC(=O)CCCCCCCCCCCCCCCCCCCCCC. The highest BCUT2D eigenvalue weighted by atomic mass is 16.6. The van der Waals surface area contributed by atoms with Crippen LogP contribution in [0.4, 0.5) is 0 Å². The van der Waals surface area contributed by atoms with Crippen LogP contribution in [0.2, 0.25) is 0 Å². The molecule has 0 aromatic rings. The minimum atomic E-state index is -1.13. The van der Waals surface area contributed by atoms with Crippen molar-refractivity contribution in [3.05, 3.63) is 36.5 Å². The molecule has 0 saturated carbocycles. The van der Waals surface area contributed by atoms with Gasteiger partial charge in [-0.1, -0.05) is 172 Å². The monoisotopic (exact) mass is 776 g/mol. The van der Waals surface area contributed by atoms with Crippen LogP contribution in [-0.2, 0) is 28.6 Å². The van der Waals surface area contributed by atoms with Crippen molar-refractivity contribution in [3.63, 3.8) is 0 Å². The summed E-state index contributed by atoms with van der Waals surface area (Å²) in [6.45, 7) is 4.50. The van der Waals surface area contributed by atoms with Gasteiger partial charge in [-0.3, -0.25) is 9.59 Å². The molecule has 0 aromatic heterocycles. The standard InChI is InChI=1S/C47H85NO7/c1-6-8-10-12-14-16-18-19-20-21-22-23-24-25-26-28-30-32-34-36-38-46(50)55-43(41-53-40-39-44(47(51)52)48(3,4)5)42-54-45(49)37-35-33-31-29-27-17-15-13-11-9-7-2/h9,11,15,17,29,31,43-44H,6-8,10,12-14,16,18-28,30,32-42H2,1-5H3/b11-9+,17-15+,31-29+. The average molecular weight is 776 g/mol. The van der Waals surface area contributed by atoms with E-state index in [-0.39, 0.29) is 49.1 Å². The summed E-state index contributed by atoms with van der Waals surface area (Å²) in [5.41, 5.74) is 0. The highest BCUT2D eigenvalue weighted by molar-refractivity contribution is 5.70. The van der Waals surface area contributed by atoms with Crippen molar-refractivity contribution in [2.24, 2.45) is 0 Å². The third-order valence-corrected chi connectivity index (χ3v) is 10.0. The van der Waals surface area contributed by atoms with E-state index in [1.54, 1.807) is 21.1 Å². The van der Waals surface area contributed by atoms with Gasteiger partial charge in [0, 0.05) is 19.3 Å². The van der Waals surface area contributed by atoms with Crippen LogP contribution in [0.25, 0.3) is 0 Å². The van der Waals surface area contributed by atoms with Crippen molar-refractivity contribution < 1.29 is 38.2 Å². The quantitative estimate of drug-likeness (QED) is 0.0264. The summed E-state index contributed by atoms with van der Waals surface area (Å²) < 4.78 is 17.1. The minimum Gasteiger partial charge on any atom is -0.544 e. The lowest BCUT2D eigenvalue weighted by Crippen LogP contribution is -2.55. The summed E-state index contributed by atoms with van der Waals surface area (Å²) in [5, 5.41) is 11.6. The molecule has 0 fully saturated rings. The number of carbonyl (C=O) groups excluding carboxylic acids is 3. The number of unbranched alkanes of at least 4 members (excludes halogenated alkanes) is 20. The Balaban J connectivity index is 4.28. The maximum Gasteiger partial charge on any atom is 0.306 e. The van der Waals surface area contributed by atoms with Gasteiger partial charge in [0.1, 0.15) is 12.6 Å². The number of carboxylic acids is 1. The summed E-state index contributed by atoms with van der Waals surface area (Å²) >= 11 is 0. The Bertz CT molecular complexity index is 1000. The van der Waals surface area contributed by atoms with Crippen molar-refractivity contribution in [2.45, 2.75) is 206 Å². The maximum absolute atomic E-state index is 12.7. The molecule has 8 heteroatoms. The Morgan fingerprint density at radius 3 is 1.49 bits per heavy atom. The van der Waals surface area contributed by atoms with E-state index in [4.69, 9.17) is 14.2 Å². The van der Waals surface area contributed by atoms with Crippen molar-refractivity contribution >= 4 is 17.9 Å². The number of nitrogens with zero attached hydrogens (tertiary/aromatic N) is 1. The van der Waals surface area contributed by atoms with Crippen molar-refractivity contribution in [1.29, 1.82) is 0 Å². The first-order valence-electron chi connectivity index (χ1n) is 22.5. The van der Waals surface area contributed by atoms with Crippen LogP contribution >= 0.6 is 0 Å². The summed E-state index contributed by atoms with van der Waals surface area (Å²) in [7, 11) is 5.39. The van der Waals surface area contributed by atoms with Crippen LogP contribution in [0.15, 0.2) is 36.5 Å². The van der Waals surface area contributed by atoms with Gasteiger partial charge >= 0.3 is 11.9 Å². The largest absolute Gasteiger partial charge is 0.544 e. The molecule has 0 aliphatic rings. The molecule has 0 spiro atoms.